The maximum Gasteiger partial charge on any atom is 0.275 e. The maximum absolute atomic E-state index is 11.6. The molecule has 7 heteroatoms. The molecule has 0 spiro atoms. The van der Waals surface area contributed by atoms with Gasteiger partial charge in [0.1, 0.15) is 0 Å². The van der Waals surface area contributed by atoms with Crippen LogP contribution in [0.4, 0.5) is 5.69 Å². The zero-order chi connectivity index (χ0) is 16.0. The highest BCUT2D eigenvalue weighted by atomic mass is 35.5. The Balaban J connectivity index is 2.47. The van der Waals surface area contributed by atoms with Crippen molar-refractivity contribution in [3.05, 3.63) is 38.9 Å². The zero-order valence-electron chi connectivity index (χ0n) is 12.4. The molecular weight excluding hydrogens is 294 g/mol. The Kier molecular flexibility index (Phi) is 6.11. The first kappa shape index (κ1) is 17.4. The van der Waals surface area contributed by atoms with E-state index >= 15 is 0 Å². The second-order valence-electron chi connectivity index (χ2n) is 5.76. The van der Waals surface area contributed by atoms with Crippen molar-refractivity contribution in [1.82, 2.24) is 10.6 Å². The van der Waals surface area contributed by atoms with Crippen LogP contribution in [0, 0.1) is 10.1 Å². The Labute approximate surface area is 129 Å². The van der Waals surface area contributed by atoms with Gasteiger partial charge in [-0.25, -0.2) is 0 Å². The van der Waals surface area contributed by atoms with Crippen LogP contribution >= 0.6 is 11.6 Å². The molecule has 0 saturated heterocycles. The summed E-state index contributed by atoms with van der Waals surface area (Å²) in [6.07, 6.45) is 0.318. The van der Waals surface area contributed by atoms with Crippen LogP contribution in [0.1, 0.15) is 32.8 Å². The third kappa shape index (κ3) is 6.55. The number of carbonyl (C=O) groups excluding carboxylic acids is 1. The molecule has 0 saturated carbocycles. The molecule has 0 heterocycles. The molecule has 0 atom stereocenters. The van der Waals surface area contributed by atoms with Crippen LogP contribution in [0.5, 0.6) is 0 Å². The molecule has 6 nitrogen and oxygen atoms in total. The van der Waals surface area contributed by atoms with Crippen molar-refractivity contribution in [1.29, 1.82) is 0 Å². The number of carbonyl (C=O) groups is 1. The van der Waals surface area contributed by atoms with E-state index in [1.54, 1.807) is 12.1 Å². The quantitative estimate of drug-likeness (QED) is 0.480. The van der Waals surface area contributed by atoms with E-state index in [0.717, 1.165) is 0 Å². The molecule has 1 amide bonds. The average Bonchev–Trinajstić information content (AvgIpc) is 2.33. The molecule has 1 aromatic rings. The minimum Gasteiger partial charge on any atom is -0.351 e. The molecule has 0 aliphatic heterocycles. The van der Waals surface area contributed by atoms with Gasteiger partial charge in [0.2, 0.25) is 5.91 Å². The molecule has 0 aromatic heterocycles. The normalized spacial score (nSPS) is 11.2. The minimum atomic E-state index is -0.463. The summed E-state index contributed by atoms with van der Waals surface area (Å²) in [5, 5.41) is 17.1. The summed E-state index contributed by atoms with van der Waals surface area (Å²) < 4.78 is 0. The van der Waals surface area contributed by atoms with E-state index in [9.17, 15) is 14.9 Å². The molecule has 0 unspecified atom stereocenters. The smallest absolute Gasteiger partial charge is 0.275 e. The largest absolute Gasteiger partial charge is 0.351 e. The lowest BCUT2D eigenvalue weighted by molar-refractivity contribution is -0.385. The number of nitro benzene ring substituents is 1. The molecule has 0 aliphatic rings. The molecule has 0 aliphatic carbocycles. The van der Waals surface area contributed by atoms with E-state index in [1.165, 1.54) is 6.07 Å². The van der Waals surface area contributed by atoms with E-state index in [4.69, 9.17) is 11.6 Å². The number of amides is 1. The first-order valence-electron chi connectivity index (χ1n) is 6.63. The number of rotatable bonds is 6. The number of nitrogens with one attached hydrogen (secondary N) is 2. The molecule has 0 fully saturated rings. The van der Waals surface area contributed by atoms with Crippen LogP contribution in [0.2, 0.25) is 5.02 Å². The maximum atomic E-state index is 11.6. The summed E-state index contributed by atoms with van der Waals surface area (Å²) >= 11 is 5.75. The predicted octanol–water partition coefficient (Wildman–Crippen LogP) is 2.64. The predicted molar refractivity (Wildman–Crippen MR) is 82.3 cm³/mol. The molecule has 116 valence electrons. The summed E-state index contributed by atoms with van der Waals surface area (Å²) in [6.45, 7) is 6.50. The molecule has 21 heavy (non-hydrogen) atoms. The first-order valence-corrected chi connectivity index (χ1v) is 7.01. The van der Waals surface area contributed by atoms with Crippen LogP contribution < -0.4 is 10.6 Å². The van der Waals surface area contributed by atoms with E-state index in [0.29, 0.717) is 30.1 Å². The number of hydrogen-bond donors (Lipinski definition) is 2. The highest BCUT2D eigenvalue weighted by molar-refractivity contribution is 6.30. The van der Waals surface area contributed by atoms with Gasteiger partial charge in [-0.2, -0.15) is 0 Å². The van der Waals surface area contributed by atoms with Gasteiger partial charge < -0.3 is 10.6 Å². The molecule has 1 rings (SSSR count). The third-order valence-electron chi connectivity index (χ3n) is 2.60. The van der Waals surface area contributed by atoms with E-state index < -0.39 is 4.92 Å². The number of benzene rings is 1. The second-order valence-corrected chi connectivity index (χ2v) is 6.19. The summed E-state index contributed by atoms with van der Waals surface area (Å²) in [5.74, 6) is -0.0550. The second kappa shape index (κ2) is 7.38. The molecule has 2 N–H and O–H groups in total. The van der Waals surface area contributed by atoms with Gasteiger partial charge in [-0.15, -0.1) is 0 Å². The van der Waals surface area contributed by atoms with Gasteiger partial charge in [-0.1, -0.05) is 11.6 Å². The molecule has 0 bridgehead atoms. The summed E-state index contributed by atoms with van der Waals surface area (Å²) in [7, 11) is 0. The molecule has 0 radical (unpaired) electrons. The van der Waals surface area contributed by atoms with Crippen LogP contribution in [-0.4, -0.2) is 22.9 Å². The highest BCUT2D eigenvalue weighted by Crippen LogP contribution is 2.22. The van der Waals surface area contributed by atoms with Crippen molar-refractivity contribution in [2.45, 2.75) is 39.3 Å². The van der Waals surface area contributed by atoms with Gasteiger partial charge in [-0.05, 0) is 32.9 Å². The Morgan fingerprint density at radius 1 is 1.38 bits per heavy atom. The zero-order valence-corrected chi connectivity index (χ0v) is 13.2. The standard InChI is InChI=1S/C14H20ClN3O3/c1-14(2,3)17-13(19)6-7-16-9-10-4-5-11(15)8-12(10)18(20)21/h4-5,8,16H,6-7,9H2,1-3H3,(H,17,19). The number of nitrogens with zero attached hydrogens (tertiary/aromatic N) is 1. The van der Waals surface area contributed by atoms with Crippen LogP contribution in [0.3, 0.4) is 0 Å². The van der Waals surface area contributed by atoms with Crippen molar-refractivity contribution >= 4 is 23.2 Å². The fourth-order valence-electron chi connectivity index (χ4n) is 1.76. The highest BCUT2D eigenvalue weighted by Gasteiger charge is 2.15. The molecule has 1 aromatic carbocycles. The lowest BCUT2D eigenvalue weighted by atomic mass is 10.1. The average molecular weight is 314 g/mol. The van der Waals surface area contributed by atoms with Gasteiger partial charge in [0, 0.05) is 41.7 Å². The van der Waals surface area contributed by atoms with Gasteiger partial charge in [0.25, 0.3) is 5.69 Å². The fraction of sp³-hybridized carbons (Fsp3) is 0.500. The number of hydrogen-bond acceptors (Lipinski definition) is 4. The van der Waals surface area contributed by atoms with Crippen molar-refractivity contribution < 1.29 is 9.72 Å². The van der Waals surface area contributed by atoms with E-state index in [-0.39, 0.29) is 17.1 Å². The van der Waals surface area contributed by atoms with Crippen molar-refractivity contribution in [3.63, 3.8) is 0 Å². The molecular formula is C14H20ClN3O3. The third-order valence-corrected chi connectivity index (χ3v) is 2.84. The Morgan fingerprint density at radius 3 is 2.62 bits per heavy atom. The van der Waals surface area contributed by atoms with Gasteiger partial charge in [0.05, 0.1) is 4.92 Å². The van der Waals surface area contributed by atoms with Crippen LogP contribution in [0.15, 0.2) is 18.2 Å². The minimum absolute atomic E-state index is 0.0193. The van der Waals surface area contributed by atoms with E-state index in [1.807, 2.05) is 20.8 Å². The fourth-order valence-corrected chi connectivity index (χ4v) is 1.93. The summed E-state index contributed by atoms with van der Waals surface area (Å²) in [5.41, 5.74) is 0.265. The van der Waals surface area contributed by atoms with Gasteiger partial charge in [0.15, 0.2) is 0 Å². The van der Waals surface area contributed by atoms with Gasteiger partial charge in [-0.3, -0.25) is 14.9 Å². The first-order chi connectivity index (χ1) is 9.69. The lowest BCUT2D eigenvalue weighted by Gasteiger charge is -2.20. The van der Waals surface area contributed by atoms with Crippen LogP contribution in [-0.2, 0) is 11.3 Å². The summed E-state index contributed by atoms with van der Waals surface area (Å²) in [4.78, 5) is 22.1. The number of halogens is 1. The SMILES string of the molecule is CC(C)(C)NC(=O)CCNCc1ccc(Cl)cc1[N+](=O)[O-]. The topological polar surface area (TPSA) is 84.3 Å². The Bertz CT molecular complexity index is 527. The van der Waals surface area contributed by atoms with Crippen molar-refractivity contribution in [2.75, 3.05) is 6.54 Å². The van der Waals surface area contributed by atoms with E-state index in [2.05, 4.69) is 10.6 Å². The van der Waals surface area contributed by atoms with Crippen molar-refractivity contribution in [2.24, 2.45) is 0 Å². The Morgan fingerprint density at radius 2 is 2.05 bits per heavy atom. The lowest BCUT2D eigenvalue weighted by Crippen LogP contribution is -2.41. The van der Waals surface area contributed by atoms with Crippen LogP contribution in [0.25, 0.3) is 0 Å². The monoisotopic (exact) mass is 313 g/mol. The summed E-state index contributed by atoms with van der Waals surface area (Å²) in [6, 6.07) is 4.55. The Hall–Kier alpha value is -1.66. The number of nitro groups is 1. The van der Waals surface area contributed by atoms with Crippen molar-refractivity contribution in [3.8, 4) is 0 Å². The van der Waals surface area contributed by atoms with Gasteiger partial charge >= 0.3 is 0 Å².